The quantitative estimate of drug-likeness (QED) is 0.774. The minimum absolute atomic E-state index is 0.225. The summed E-state index contributed by atoms with van der Waals surface area (Å²) in [6.45, 7) is 4.14. The summed E-state index contributed by atoms with van der Waals surface area (Å²) in [6, 6.07) is 9.07. The minimum atomic E-state index is -2.91. The Kier molecular flexibility index (Phi) is 3.15. The van der Waals surface area contributed by atoms with Crippen LogP contribution < -0.4 is 4.74 Å². The third-order valence-corrected chi connectivity index (χ3v) is 3.58. The molecule has 1 aromatic rings. The van der Waals surface area contributed by atoms with Crippen LogP contribution in [0.25, 0.3) is 0 Å². The van der Waals surface area contributed by atoms with Crippen LogP contribution in [0.15, 0.2) is 30.3 Å². The summed E-state index contributed by atoms with van der Waals surface area (Å²) in [7, 11) is 0. The van der Waals surface area contributed by atoms with Crippen molar-refractivity contribution in [2.24, 2.45) is 0 Å². The van der Waals surface area contributed by atoms with Gasteiger partial charge in [0.25, 0.3) is 0 Å². The number of ether oxygens (including phenoxy) is 1. The van der Waals surface area contributed by atoms with Crippen molar-refractivity contribution in [2.75, 3.05) is 6.51 Å². The van der Waals surface area contributed by atoms with Gasteiger partial charge in [0.05, 0.1) is 6.51 Å². The van der Waals surface area contributed by atoms with Crippen molar-refractivity contribution in [3.8, 4) is 5.75 Å². The molecular formula is C13H19BFO3-. The highest BCUT2D eigenvalue weighted by Crippen LogP contribution is 2.42. The van der Waals surface area contributed by atoms with Gasteiger partial charge < -0.3 is 18.4 Å². The molecule has 0 atom stereocenters. The second-order valence-electron chi connectivity index (χ2n) is 5.64. The normalized spacial score (nSPS) is 23.8. The van der Waals surface area contributed by atoms with Gasteiger partial charge in [-0.1, -0.05) is 18.2 Å². The Morgan fingerprint density at radius 3 is 2.06 bits per heavy atom. The third-order valence-electron chi connectivity index (χ3n) is 3.58. The number of benzene rings is 1. The van der Waals surface area contributed by atoms with Crippen LogP contribution in [0, 0.1) is 0 Å². The van der Waals surface area contributed by atoms with E-state index >= 15 is 0 Å². The van der Waals surface area contributed by atoms with E-state index in [9.17, 15) is 4.32 Å². The van der Waals surface area contributed by atoms with Crippen molar-refractivity contribution in [3.05, 3.63) is 30.3 Å². The molecule has 3 nitrogen and oxygen atoms in total. The molecule has 0 saturated carbocycles. The molecule has 0 aliphatic carbocycles. The smallest absolute Gasteiger partial charge is 0.449 e. The maximum atomic E-state index is 14.5. The summed E-state index contributed by atoms with van der Waals surface area (Å²) in [4.78, 5) is 0. The van der Waals surface area contributed by atoms with Gasteiger partial charge in [-0.25, -0.2) is 0 Å². The predicted octanol–water partition coefficient (Wildman–Crippen LogP) is 3.12. The van der Waals surface area contributed by atoms with Crippen molar-refractivity contribution in [2.45, 2.75) is 38.9 Å². The van der Waals surface area contributed by atoms with Gasteiger partial charge in [0, 0.05) is 11.2 Å². The van der Waals surface area contributed by atoms with E-state index in [-0.39, 0.29) is 6.51 Å². The monoisotopic (exact) mass is 253 g/mol. The van der Waals surface area contributed by atoms with Gasteiger partial charge in [-0.2, -0.15) is 0 Å². The van der Waals surface area contributed by atoms with E-state index in [0.717, 1.165) is 0 Å². The maximum Gasteiger partial charge on any atom is 0.449 e. The standard InChI is InChI=1S/C13H19BFO3/c1-12(2)13(3,4)18-14(15,17-12)10-16-11-8-6-5-7-9-11/h5-9H,10H2,1-4H3/q-1. The molecule has 1 heterocycles. The number of halogens is 1. The van der Waals surface area contributed by atoms with Crippen LogP contribution in [-0.2, 0) is 9.31 Å². The SMILES string of the molecule is CC1(C)O[B-](F)(COc2ccccc2)OC1(C)C. The summed E-state index contributed by atoms with van der Waals surface area (Å²) in [5, 5.41) is 0. The zero-order chi connectivity index (χ0) is 13.4. The lowest BCUT2D eigenvalue weighted by Gasteiger charge is -2.36. The molecule has 100 valence electrons. The molecular weight excluding hydrogens is 234 g/mol. The van der Waals surface area contributed by atoms with Gasteiger partial charge in [-0.3, -0.25) is 0 Å². The molecule has 1 saturated heterocycles. The first-order chi connectivity index (χ1) is 8.24. The van der Waals surface area contributed by atoms with E-state index in [1.165, 1.54) is 0 Å². The average Bonchev–Trinajstić information content (AvgIpc) is 2.42. The Balaban J connectivity index is 2.02. The Labute approximate surface area is 107 Å². The van der Waals surface area contributed by atoms with E-state index in [0.29, 0.717) is 5.75 Å². The second kappa shape index (κ2) is 4.25. The maximum absolute atomic E-state index is 14.5. The zero-order valence-corrected chi connectivity index (χ0v) is 11.3. The van der Waals surface area contributed by atoms with Crippen LogP contribution in [0.3, 0.4) is 0 Å². The van der Waals surface area contributed by atoms with E-state index < -0.39 is 18.0 Å². The zero-order valence-electron chi connectivity index (χ0n) is 11.3. The first kappa shape index (κ1) is 13.4. The van der Waals surface area contributed by atoms with Crippen LogP contribution in [-0.4, -0.2) is 24.5 Å². The highest BCUT2D eigenvalue weighted by Gasteiger charge is 2.53. The van der Waals surface area contributed by atoms with Gasteiger partial charge in [0.15, 0.2) is 0 Å². The molecule has 0 N–H and O–H groups in total. The molecule has 0 radical (unpaired) electrons. The molecule has 1 fully saturated rings. The summed E-state index contributed by atoms with van der Waals surface area (Å²) in [5.74, 6) is 0.603. The fourth-order valence-electron chi connectivity index (χ4n) is 1.97. The lowest BCUT2D eigenvalue weighted by atomic mass is 9.85. The predicted molar refractivity (Wildman–Crippen MR) is 69.1 cm³/mol. The average molecular weight is 253 g/mol. The Hall–Kier alpha value is -1.07. The molecule has 2 rings (SSSR count). The molecule has 0 amide bonds. The molecule has 1 aliphatic rings. The van der Waals surface area contributed by atoms with Crippen LogP contribution in [0.4, 0.5) is 4.32 Å². The van der Waals surface area contributed by atoms with Crippen molar-refractivity contribution in [1.29, 1.82) is 0 Å². The third kappa shape index (κ3) is 2.52. The van der Waals surface area contributed by atoms with E-state index in [1.54, 1.807) is 12.1 Å². The molecule has 0 bridgehead atoms. The van der Waals surface area contributed by atoms with Crippen LogP contribution in [0.1, 0.15) is 27.7 Å². The van der Waals surface area contributed by atoms with Crippen molar-refractivity contribution >= 4 is 6.83 Å². The largest absolute Gasteiger partial charge is 0.533 e. The fourth-order valence-corrected chi connectivity index (χ4v) is 1.97. The summed E-state index contributed by atoms with van der Waals surface area (Å²) < 4.78 is 30.7. The van der Waals surface area contributed by atoms with E-state index in [2.05, 4.69) is 0 Å². The molecule has 1 aliphatic heterocycles. The lowest BCUT2D eigenvalue weighted by molar-refractivity contribution is 0.00578. The summed E-state index contributed by atoms with van der Waals surface area (Å²) >= 11 is 0. The van der Waals surface area contributed by atoms with Crippen molar-refractivity contribution < 1.29 is 18.4 Å². The number of para-hydroxylation sites is 1. The lowest BCUT2D eigenvalue weighted by Crippen LogP contribution is -2.41. The molecule has 1 aromatic carbocycles. The second-order valence-corrected chi connectivity index (χ2v) is 5.64. The number of rotatable bonds is 3. The van der Waals surface area contributed by atoms with Crippen LogP contribution in [0.2, 0.25) is 0 Å². The molecule has 0 aromatic heterocycles. The van der Waals surface area contributed by atoms with Gasteiger partial charge >= 0.3 is 6.83 Å². The first-order valence-corrected chi connectivity index (χ1v) is 6.16. The van der Waals surface area contributed by atoms with Crippen molar-refractivity contribution in [1.82, 2.24) is 0 Å². The summed E-state index contributed by atoms with van der Waals surface area (Å²) in [6.07, 6.45) is 0. The first-order valence-electron chi connectivity index (χ1n) is 6.16. The molecule has 0 unspecified atom stereocenters. The molecule has 5 heteroatoms. The van der Waals surface area contributed by atoms with Gasteiger partial charge in [0.2, 0.25) is 0 Å². The topological polar surface area (TPSA) is 27.7 Å². The molecule has 0 spiro atoms. The van der Waals surface area contributed by atoms with Gasteiger partial charge in [-0.05, 0) is 39.8 Å². The van der Waals surface area contributed by atoms with E-state index in [1.807, 2.05) is 45.9 Å². The van der Waals surface area contributed by atoms with Crippen molar-refractivity contribution in [3.63, 3.8) is 0 Å². The number of hydrogen-bond donors (Lipinski definition) is 0. The molecule has 18 heavy (non-hydrogen) atoms. The van der Waals surface area contributed by atoms with Gasteiger partial charge in [0.1, 0.15) is 5.75 Å². The highest BCUT2D eigenvalue weighted by molar-refractivity contribution is 6.60. The van der Waals surface area contributed by atoms with E-state index in [4.69, 9.17) is 14.0 Å². The Morgan fingerprint density at radius 1 is 1.06 bits per heavy atom. The fraction of sp³-hybridized carbons (Fsp3) is 0.538. The Morgan fingerprint density at radius 2 is 1.56 bits per heavy atom. The Bertz CT molecular complexity index is 404. The minimum Gasteiger partial charge on any atom is -0.533 e. The summed E-state index contributed by atoms with van der Waals surface area (Å²) in [5.41, 5.74) is -1.36. The van der Waals surface area contributed by atoms with Gasteiger partial charge in [-0.15, -0.1) is 0 Å². The van der Waals surface area contributed by atoms with Crippen LogP contribution >= 0.6 is 0 Å². The highest BCUT2D eigenvalue weighted by atomic mass is 19.1. The van der Waals surface area contributed by atoms with Crippen LogP contribution in [0.5, 0.6) is 5.75 Å². The number of hydrogen-bond acceptors (Lipinski definition) is 3.